The topological polar surface area (TPSA) is 141 Å². The van der Waals surface area contributed by atoms with Crippen LogP contribution in [0, 0.1) is 10.8 Å². The Morgan fingerprint density at radius 3 is 1.38 bits per heavy atom. The molecule has 0 bridgehead atoms. The molecule has 0 saturated carbocycles. The van der Waals surface area contributed by atoms with Gasteiger partial charge in [-0.3, -0.25) is 0 Å². The van der Waals surface area contributed by atoms with Gasteiger partial charge in [-0.05, 0) is 0 Å². The van der Waals surface area contributed by atoms with Gasteiger partial charge in [-0.2, -0.15) is 24.9 Å². The van der Waals surface area contributed by atoms with Crippen molar-refractivity contribution in [1.29, 1.82) is 0 Å². The lowest BCUT2D eigenvalue weighted by Crippen LogP contribution is -2.29. The lowest BCUT2D eigenvalue weighted by Gasteiger charge is -2.17. The lowest BCUT2D eigenvalue weighted by molar-refractivity contribution is 0.584. The van der Waals surface area contributed by atoms with Gasteiger partial charge in [-0.15, -0.1) is 0 Å². The van der Waals surface area contributed by atoms with E-state index in [0.717, 1.165) is 0 Å². The van der Waals surface area contributed by atoms with E-state index in [2.05, 4.69) is 24.9 Å². The third-order valence-corrected chi connectivity index (χ3v) is 2.61. The molecule has 0 unspecified atom stereocenters. The van der Waals surface area contributed by atoms with Crippen LogP contribution in [0.3, 0.4) is 0 Å². The molecule has 0 aliphatic rings. The highest BCUT2D eigenvalue weighted by atomic mass is 15.2. The van der Waals surface area contributed by atoms with Gasteiger partial charge in [0.15, 0.2) is 0 Å². The number of amidine groups is 2. The van der Waals surface area contributed by atoms with Crippen LogP contribution in [0.4, 0.5) is 17.8 Å². The maximum absolute atomic E-state index is 5.90. The van der Waals surface area contributed by atoms with E-state index in [9.17, 15) is 0 Å². The molecule has 0 atom stereocenters. The van der Waals surface area contributed by atoms with Crippen molar-refractivity contribution in [2.75, 3.05) is 5.73 Å². The summed E-state index contributed by atoms with van der Waals surface area (Å²) in [6.45, 7) is 11.6. The maximum Gasteiger partial charge on any atom is 0.257 e. The zero-order chi connectivity index (χ0) is 16.4. The minimum atomic E-state index is -0.296. The van der Waals surface area contributed by atoms with E-state index in [1.807, 2.05) is 41.5 Å². The fourth-order valence-corrected chi connectivity index (χ4v) is 1.02. The van der Waals surface area contributed by atoms with E-state index in [4.69, 9.17) is 17.2 Å². The molecule has 0 aliphatic carbocycles. The van der Waals surface area contributed by atoms with Gasteiger partial charge in [-0.1, -0.05) is 41.5 Å². The number of aromatic nitrogens is 3. The molecule has 1 aromatic heterocycles. The Morgan fingerprint density at radius 1 is 0.762 bits per heavy atom. The van der Waals surface area contributed by atoms with E-state index in [-0.39, 0.29) is 28.7 Å². The molecule has 116 valence electrons. The van der Waals surface area contributed by atoms with E-state index >= 15 is 0 Å². The van der Waals surface area contributed by atoms with Gasteiger partial charge in [0.2, 0.25) is 5.95 Å². The van der Waals surface area contributed by atoms with Crippen LogP contribution in [0.25, 0.3) is 0 Å². The molecule has 1 aromatic rings. The van der Waals surface area contributed by atoms with Gasteiger partial charge < -0.3 is 17.2 Å². The van der Waals surface area contributed by atoms with Crippen molar-refractivity contribution in [1.82, 2.24) is 15.0 Å². The summed E-state index contributed by atoms with van der Waals surface area (Å²) in [6.07, 6.45) is 0. The fourth-order valence-electron chi connectivity index (χ4n) is 1.02. The summed E-state index contributed by atoms with van der Waals surface area (Å²) in [4.78, 5) is 20.3. The second kappa shape index (κ2) is 5.63. The van der Waals surface area contributed by atoms with Crippen molar-refractivity contribution in [3.63, 3.8) is 0 Å². The fraction of sp³-hybridized carbons (Fsp3) is 0.615. The molecule has 8 nitrogen and oxygen atoms in total. The molecule has 1 heterocycles. The Hall–Kier alpha value is -2.25. The Balaban J connectivity index is 3.24. The number of nitrogens with zero attached hydrogens (tertiary/aromatic N) is 5. The highest BCUT2D eigenvalue weighted by molar-refractivity contribution is 5.88. The normalized spacial score (nSPS) is 14.4. The number of aliphatic imine (C=N–C) groups is 2. The molecule has 1 rings (SSSR count). The summed E-state index contributed by atoms with van der Waals surface area (Å²) >= 11 is 0. The summed E-state index contributed by atoms with van der Waals surface area (Å²) in [6, 6.07) is 0. The molecule has 0 spiro atoms. The Morgan fingerprint density at radius 2 is 1.10 bits per heavy atom. The van der Waals surface area contributed by atoms with Crippen LogP contribution in [0.5, 0.6) is 0 Å². The molecule has 0 amide bonds. The molecule has 0 fully saturated rings. The molecule has 21 heavy (non-hydrogen) atoms. The highest BCUT2D eigenvalue weighted by Gasteiger charge is 2.18. The van der Waals surface area contributed by atoms with Crippen molar-refractivity contribution in [3.05, 3.63) is 0 Å². The first kappa shape index (κ1) is 16.8. The second-order valence-electron chi connectivity index (χ2n) is 6.79. The Bertz CT molecular complexity index is 527. The van der Waals surface area contributed by atoms with E-state index in [1.165, 1.54) is 0 Å². The molecular weight excluding hydrogens is 268 g/mol. The zero-order valence-corrected chi connectivity index (χ0v) is 13.5. The quantitative estimate of drug-likeness (QED) is 0.557. The van der Waals surface area contributed by atoms with E-state index in [1.54, 1.807) is 0 Å². The zero-order valence-electron chi connectivity index (χ0n) is 13.5. The molecule has 0 aromatic carbocycles. The van der Waals surface area contributed by atoms with Crippen LogP contribution in [0.15, 0.2) is 9.98 Å². The third-order valence-electron chi connectivity index (χ3n) is 2.61. The van der Waals surface area contributed by atoms with Crippen LogP contribution in [-0.4, -0.2) is 26.6 Å². The predicted molar refractivity (Wildman–Crippen MR) is 85.7 cm³/mol. The van der Waals surface area contributed by atoms with Crippen LogP contribution in [0.2, 0.25) is 0 Å². The smallest absolute Gasteiger partial charge is 0.257 e. The summed E-state index contributed by atoms with van der Waals surface area (Å²) < 4.78 is 0. The minimum Gasteiger partial charge on any atom is -0.387 e. The number of nitrogens with two attached hydrogens (primary N) is 3. The first-order valence-electron chi connectivity index (χ1n) is 6.60. The largest absolute Gasteiger partial charge is 0.387 e. The summed E-state index contributed by atoms with van der Waals surface area (Å²) in [5.74, 6) is 1.05. The predicted octanol–water partition coefficient (Wildman–Crippen LogP) is 1.52. The molecule has 0 radical (unpaired) electrons. The van der Waals surface area contributed by atoms with Gasteiger partial charge in [0.05, 0.1) is 0 Å². The van der Waals surface area contributed by atoms with Crippen molar-refractivity contribution in [2.24, 2.45) is 32.3 Å². The van der Waals surface area contributed by atoms with Gasteiger partial charge >= 0.3 is 0 Å². The van der Waals surface area contributed by atoms with E-state index < -0.39 is 0 Å². The number of nitrogen functional groups attached to an aromatic ring is 1. The van der Waals surface area contributed by atoms with Crippen LogP contribution < -0.4 is 17.2 Å². The molecule has 6 N–H and O–H groups in total. The SMILES string of the molecule is CC(C)(C)/C(N)=N\c1nc(N)nc(/N=C(/N)C(C)(C)C)n1. The first-order valence-corrected chi connectivity index (χ1v) is 6.60. The first-order chi connectivity index (χ1) is 9.39. The molecular formula is C13H24N8. The monoisotopic (exact) mass is 292 g/mol. The van der Waals surface area contributed by atoms with Crippen LogP contribution in [-0.2, 0) is 0 Å². The Labute approximate surface area is 125 Å². The summed E-state index contributed by atoms with van der Waals surface area (Å²) in [7, 11) is 0. The van der Waals surface area contributed by atoms with Crippen molar-refractivity contribution in [3.8, 4) is 0 Å². The summed E-state index contributed by atoms with van der Waals surface area (Å²) in [5.41, 5.74) is 16.9. The van der Waals surface area contributed by atoms with Crippen molar-refractivity contribution >= 4 is 29.5 Å². The number of rotatable bonds is 2. The Kier molecular flexibility index (Phi) is 4.50. The molecule has 0 aliphatic heterocycles. The van der Waals surface area contributed by atoms with Gasteiger partial charge in [0.25, 0.3) is 11.9 Å². The third kappa shape index (κ3) is 4.97. The van der Waals surface area contributed by atoms with Gasteiger partial charge in [-0.25, -0.2) is 0 Å². The minimum absolute atomic E-state index is 0.0194. The number of hydrogen-bond donors (Lipinski definition) is 3. The maximum atomic E-state index is 5.90. The van der Waals surface area contributed by atoms with Crippen LogP contribution in [0.1, 0.15) is 41.5 Å². The second-order valence-corrected chi connectivity index (χ2v) is 6.79. The molecule has 8 heteroatoms. The lowest BCUT2D eigenvalue weighted by atomic mass is 9.95. The standard InChI is InChI=1S/C13H24N8/c1-12(2,3)7(14)17-10-19-9(16)20-11(21-10)18-8(15)13(4,5)6/h1-6H3,(H6,14,15,16,17,18,19,20,21). The average Bonchev–Trinajstić information content (AvgIpc) is 2.25. The van der Waals surface area contributed by atoms with Crippen LogP contribution >= 0.6 is 0 Å². The summed E-state index contributed by atoms with van der Waals surface area (Å²) in [5, 5.41) is 0. The van der Waals surface area contributed by atoms with Gasteiger partial charge in [0, 0.05) is 10.8 Å². The van der Waals surface area contributed by atoms with E-state index in [0.29, 0.717) is 11.7 Å². The number of anilines is 1. The van der Waals surface area contributed by atoms with Crippen molar-refractivity contribution in [2.45, 2.75) is 41.5 Å². The average molecular weight is 292 g/mol. The van der Waals surface area contributed by atoms with Gasteiger partial charge in [0.1, 0.15) is 11.7 Å². The molecule has 0 saturated heterocycles. The highest BCUT2D eigenvalue weighted by Crippen LogP contribution is 2.20. The number of hydrogen-bond acceptors (Lipinski definition) is 6. The van der Waals surface area contributed by atoms with Crippen molar-refractivity contribution < 1.29 is 0 Å².